The number of aryl methyl sites for hydroxylation is 1. The van der Waals surface area contributed by atoms with Gasteiger partial charge in [-0.25, -0.2) is 14.8 Å². The maximum atomic E-state index is 11.8. The second kappa shape index (κ2) is 7.27. The normalized spacial score (nSPS) is 15.9. The fourth-order valence-electron chi connectivity index (χ4n) is 3.66. The van der Waals surface area contributed by atoms with Crippen LogP contribution in [0.2, 0.25) is 0 Å². The predicted molar refractivity (Wildman–Crippen MR) is 108 cm³/mol. The lowest BCUT2D eigenvalue weighted by Gasteiger charge is -2.18. The molecule has 8 heteroatoms. The molecule has 7 nitrogen and oxygen atoms in total. The van der Waals surface area contributed by atoms with E-state index in [1.165, 1.54) is 37.1 Å². The monoisotopic (exact) mass is 399 g/mol. The summed E-state index contributed by atoms with van der Waals surface area (Å²) in [5, 5.41) is 13.9. The number of ether oxygens (including phenoxy) is 2. The molecule has 0 spiro atoms. The summed E-state index contributed by atoms with van der Waals surface area (Å²) in [5.74, 6) is 1.03. The van der Waals surface area contributed by atoms with Crippen LogP contribution in [0.5, 0.6) is 11.5 Å². The number of methoxy groups -OCH3 is 2. The Morgan fingerprint density at radius 2 is 2.00 bits per heavy atom. The van der Waals surface area contributed by atoms with E-state index >= 15 is 0 Å². The van der Waals surface area contributed by atoms with E-state index in [0.717, 1.165) is 29.5 Å². The minimum Gasteiger partial charge on any atom is -0.493 e. The minimum absolute atomic E-state index is 0.0853. The number of carboxylic acids is 1. The van der Waals surface area contributed by atoms with E-state index in [0.29, 0.717) is 28.9 Å². The molecule has 1 atom stereocenters. The summed E-state index contributed by atoms with van der Waals surface area (Å²) in [6, 6.07) is 3.07. The number of carboxylic acid groups (broad SMARTS) is 1. The fourth-order valence-corrected chi connectivity index (χ4v) is 5.01. The summed E-state index contributed by atoms with van der Waals surface area (Å²) in [6.45, 7) is 2.26. The molecule has 0 radical (unpaired) electrons. The quantitative estimate of drug-likeness (QED) is 0.661. The number of nitrogens with zero attached hydrogens (tertiary/aromatic N) is 2. The number of hydrogen-bond donors (Lipinski definition) is 2. The third-order valence-corrected chi connectivity index (χ3v) is 6.26. The molecule has 4 rings (SSSR count). The average molecular weight is 399 g/mol. The van der Waals surface area contributed by atoms with Crippen LogP contribution in [0, 0.1) is 5.92 Å². The second-order valence-corrected chi connectivity index (χ2v) is 8.02. The molecule has 0 amide bonds. The molecule has 2 heterocycles. The zero-order valence-corrected chi connectivity index (χ0v) is 16.7. The lowest BCUT2D eigenvalue weighted by atomic mass is 9.89. The molecular formula is C20H21N3O4S. The number of fused-ring (bicyclic) bond motifs is 3. The van der Waals surface area contributed by atoms with Gasteiger partial charge in [-0.1, -0.05) is 6.92 Å². The average Bonchev–Trinajstić information content (AvgIpc) is 3.05. The Kier molecular flexibility index (Phi) is 4.80. The van der Waals surface area contributed by atoms with Crippen LogP contribution in [-0.4, -0.2) is 35.3 Å². The van der Waals surface area contributed by atoms with Crippen molar-refractivity contribution < 1.29 is 19.4 Å². The van der Waals surface area contributed by atoms with Gasteiger partial charge in [0.25, 0.3) is 0 Å². The Morgan fingerprint density at radius 1 is 1.25 bits per heavy atom. The van der Waals surface area contributed by atoms with E-state index in [4.69, 9.17) is 9.47 Å². The Balaban J connectivity index is 1.84. The molecule has 1 aliphatic carbocycles. The number of benzene rings is 1. The van der Waals surface area contributed by atoms with Gasteiger partial charge in [0.05, 0.1) is 30.9 Å². The first-order chi connectivity index (χ1) is 13.5. The largest absolute Gasteiger partial charge is 0.493 e. The van der Waals surface area contributed by atoms with Crippen LogP contribution in [0.1, 0.15) is 34.1 Å². The Labute approximate surface area is 166 Å². The van der Waals surface area contributed by atoms with Crippen molar-refractivity contribution in [1.29, 1.82) is 0 Å². The molecule has 0 saturated heterocycles. The third kappa shape index (κ3) is 3.13. The van der Waals surface area contributed by atoms with Crippen LogP contribution in [0.3, 0.4) is 0 Å². The molecule has 1 aromatic carbocycles. The highest BCUT2D eigenvalue weighted by molar-refractivity contribution is 7.19. The molecule has 2 N–H and O–H groups in total. The Bertz CT molecular complexity index is 1060. The van der Waals surface area contributed by atoms with Crippen LogP contribution >= 0.6 is 11.3 Å². The SMILES string of the molecule is COc1cc(Nc2ncnc3sc4c(c23)CCC(C)C4)c(C(=O)O)cc1OC. The second-order valence-electron chi connectivity index (χ2n) is 6.94. The maximum absolute atomic E-state index is 11.8. The Morgan fingerprint density at radius 3 is 2.71 bits per heavy atom. The molecule has 0 saturated carbocycles. The minimum atomic E-state index is -1.06. The highest BCUT2D eigenvalue weighted by Gasteiger charge is 2.24. The number of aromatic nitrogens is 2. The Hall–Kier alpha value is -2.87. The molecular weight excluding hydrogens is 378 g/mol. The lowest BCUT2D eigenvalue weighted by molar-refractivity contribution is 0.0697. The van der Waals surface area contributed by atoms with Gasteiger partial charge in [0.2, 0.25) is 0 Å². The van der Waals surface area contributed by atoms with E-state index in [-0.39, 0.29) is 5.56 Å². The summed E-state index contributed by atoms with van der Waals surface area (Å²) in [4.78, 5) is 22.9. The van der Waals surface area contributed by atoms with Crippen molar-refractivity contribution in [2.75, 3.05) is 19.5 Å². The molecule has 146 valence electrons. The summed E-state index contributed by atoms with van der Waals surface area (Å²) < 4.78 is 10.6. The van der Waals surface area contributed by atoms with Crippen molar-refractivity contribution in [1.82, 2.24) is 9.97 Å². The van der Waals surface area contributed by atoms with Crippen LogP contribution in [0.15, 0.2) is 18.5 Å². The van der Waals surface area contributed by atoms with Gasteiger partial charge in [-0.05, 0) is 30.7 Å². The van der Waals surface area contributed by atoms with Crippen molar-refractivity contribution in [3.8, 4) is 11.5 Å². The molecule has 1 unspecified atom stereocenters. The van der Waals surface area contributed by atoms with Gasteiger partial charge >= 0.3 is 5.97 Å². The first-order valence-electron chi connectivity index (χ1n) is 9.03. The van der Waals surface area contributed by atoms with Crippen molar-refractivity contribution in [2.24, 2.45) is 5.92 Å². The number of rotatable bonds is 5. The standard InChI is InChI=1S/C20H21N3O4S/c1-10-4-5-11-16(6-10)28-19-17(11)18(21-9-22-19)23-13-8-15(27-3)14(26-2)7-12(13)20(24)25/h7-10H,4-6H2,1-3H3,(H,24,25)(H,21,22,23). The summed E-state index contributed by atoms with van der Waals surface area (Å²) >= 11 is 1.70. The van der Waals surface area contributed by atoms with E-state index in [1.807, 2.05) is 0 Å². The van der Waals surface area contributed by atoms with Gasteiger partial charge in [-0.3, -0.25) is 0 Å². The number of hydrogen-bond acceptors (Lipinski definition) is 7. The van der Waals surface area contributed by atoms with Crippen LogP contribution in [-0.2, 0) is 12.8 Å². The molecule has 0 bridgehead atoms. The summed E-state index contributed by atoms with van der Waals surface area (Å²) in [5.41, 5.74) is 1.76. The predicted octanol–water partition coefficient (Wildman–Crippen LogP) is 4.28. The first-order valence-corrected chi connectivity index (χ1v) is 9.85. The van der Waals surface area contributed by atoms with Gasteiger partial charge in [0.1, 0.15) is 17.0 Å². The zero-order valence-electron chi connectivity index (χ0n) is 15.9. The number of thiophene rings is 1. The highest BCUT2D eigenvalue weighted by Crippen LogP contribution is 2.41. The van der Waals surface area contributed by atoms with Gasteiger partial charge in [-0.15, -0.1) is 11.3 Å². The smallest absolute Gasteiger partial charge is 0.337 e. The first kappa shape index (κ1) is 18.5. The maximum Gasteiger partial charge on any atom is 0.337 e. The van der Waals surface area contributed by atoms with Crippen LogP contribution in [0.25, 0.3) is 10.2 Å². The van der Waals surface area contributed by atoms with Crippen molar-refractivity contribution in [3.05, 3.63) is 34.5 Å². The molecule has 0 aliphatic heterocycles. The van der Waals surface area contributed by atoms with E-state index in [9.17, 15) is 9.90 Å². The number of nitrogens with one attached hydrogen (secondary N) is 1. The summed E-state index contributed by atoms with van der Waals surface area (Å²) in [7, 11) is 2.99. The van der Waals surface area contributed by atoms with E-state index < -0.39 is 5.97 Å². The van der Waals surface area contributed by atoms with Gasteiger partial charge in [-0.2, -0.15) is 0 Å². The molecule has 28 heavy (non-hydrogen) atoms. The topological polar surface area (TPSA) is 93.6 Å². The third-order valence-electron chi connectivity index (χ3n) is 5.10. The number of anilines is 2. The van der Waals surface area contributed by atoms with Crippen molar-refractivity contribution >= 4 is 39.0 Å². The van der Waals surface area contributed by atoms with Crippen molar-refractivity contribution in [2.45, 2.75) is 26.2 Å². The zero-order chi connectivity index (χ0) is 19.8. The van der Waals surface area contributed by atoms with Gasteiger partial charge in [0.15, 0.2) is 11.5 Å². The number of carbonyl (C=O) groups is 1. The highest BCUT2D eigenvalue weighted by atomic mass is 32.1. The fraction of sp³-hybridized carbons (Fsp3) is 0.350. The molecule has 1 aliphatic rings. The van der Waals surface area contributed by atoms with Crippen LogP contribution in [0.4, 0.5) is 11.5 Å². The van der Waals surface area contributed by atoms with E-state index in [1.54, 1.807) is 17.4 Å². The lowest BCUT2D eigenvalue weighted by Crippen LogP contribution is -2.09. The van der Waals surface area contributed by atoms with Crippen molar-refractivity contribution in [3.63, 3.8) is 0 Å². The molecule has 2 aromatic heterocycles. The van der Waals surface area contributed by atoms with Gasteiger partial charge in [0, 0.05) is 17.0 Å². The van der Waals surface area contributed by atoms with Gasteiger partial charge < -0.3 is 19.9 Å². The van der Waals surface area contributed by atoms with Crippen LogP contribution < -0.4 is 14.8 Å². The molecule has 0 fully saturated rings. The summed E-state index contributed by atoms with van der Waals surface area (Å²) in [6.07, 6.45) is 4.67. The van der Waals surface area contributed by atoms with E-state index in [2.05, 4.69) is 22.2 Å². The molecule has 3 aromatic rings. The number of aromatic carboxylic acids is 1.